The minimum Gasteiger partial charge on any atom is -0.382 e. The summed E-state index contributed by atoms with van der Waals surface area (Å²) in [6, 6.07) is 5.55. The second kappa shape index (κ2) is 5.45. The summed E-state index contributed by atoms with van der Waals surface area (Å²) in [4.78, 5) is 14.8. The molecule has 20 heavy (non-hydrogen) atoms. The molecule has 0 atom stereocenters. The number of nitro benzene ring substituents is 1. The highest BCUT2D eigenvalue weighted by atomic mass is 16.6. The van der Waals surface area contributed by atoms with E-state index >= 15 is 0 Å². The first-order valence-corrected chi connectivity index (χ1v) is 7.03. The molecular formula is C15H17N3O2. The van der Waals surface area contributed by atoms with Crippen LogP contribution in [-0.2, 0) is 0 Å². The first-order chi connectivity index (χ1) is 9.75. The van der Waals surface area contributed by atoms with Crippen LogP contribution in [0.5, 0.6) is 0 Å². The third-order valence-corrected chi connectivity index (χ3v) is 3.96. The van der Waals surface area contributed by atoms with Crippen LogP contribution in [0.15, 0.2) is 30.6 Å². The molecule has 1 fully saturated rings. The molecule has 0 spiro atoms. The zero-order valence-electron chi connectivity index (χ0n) is 11.2. The zero-order chi connectivity index (χ0) is 13.9. The third kappa shape index (κ3) is 2.43. The molecule has 2 aromatic rings. The lowest BCUT2D eigenvalue weighted by atomic mass is 9.95. The van der Waals surface area contributed by atoms with Gasteiger partial charge in [0.25, 0.3) is 5.69 Å². The van der Waals surface area contributed by atoms with E-state index in [1.165, 1.54) is 32.1 Å². The summed E-state index contributed by atoms with van der Waals surface area (Å²) in [5.74, 6) is 0. The molecule has 104 valence electrons. The molecule has 5 heteroatoms. The Kier molecular flexibility index (Phi) is 3.50. The molecule has 0 bridgehead atoms. The number of aromatic nitrogens is 1. The van der Waals surface area contributed by atoms with Crippen LogP contribution in [0.3, 0.4) is 0 Å². The largest absolute Gasteiger partial charge is 0.382 e. The molecule has 0 aliphatic heterocycles. The van der Waals surface area contributed by atoms with Crippen molar-refractivity contribution in [1.82, 2.24) is 4.98 Å². The molecule has 1 aliphatic rings. The van der Waals surface area contributed by atoms with Gasteiger partial charge in [-0.05, 0) is 25.0 Å². The first-order valence-electron chi connectivity index (χ1n) is 7.03. The van der Waals surface area contributed by atoms with Crippen LogP contribution in [0.1, 0.15) is 32.1 Å². The molecule has 3 rings (SSSR count). The summed E-state index contributed by atoms with van der Waals surface area (Å²) in [5.41, 5.74) is 1.09. The van der Waals surface area contributed by atoms with E-state index < -0.39 is 0 Å². The molecule has 1 saturated carbocycles. The summed E-state index contributed by atoms with van der Waals surface area (Å²) >= 11 is 0. The minimum absolute atomic E-state index is 0.136. The topological polar surface area (TPSA) is 68.1 Å². The van der Waals surface area contributed by atoms with E-state index in [9.17, 15) is 10.1 Å². The number of hydrogen-bond donors (Lipinski definition) is 1. The molecule has 0 saturated heterocycles. The molecule has 0 unspecified atom stereocenters. The van der Waals surface area contributed by atoms with Crippen molar-refractivity contribution < 1.29 is 4.92 Å². The summed E-state index contributed by atoms with van der Waals surface area (Å²) in [6.45, 7) is 0. The van der Waals surface area contributed by atoms with Gasteiger partial charge in [0.05, 0.1) is 10.3 Å². The van der Waals surface area contributed by atoms with Gasteiger partial charge in [-0.3, -0.25) is 15.1 Å². The molecule has 1 heterocycles. The normalized spacial score (nSPS) is 16.2. The summed E-state index contributed by atoms with van der Waals surface area (Å²) < 4.78 is 0. The van der Waals surface area contributed by atoms with Gasteiger partial charge in [-0.25, -0.2) is 0 Å². The molecule has 1 N–H and O–H groups in total. The van der Waals surface area contributed by atoms with E-state index in [1.807, 2.05) is 0 Å². The van der Waals surface area contributed by atoms with Gasteiger partial charge >= 0.3 is 0 Å². The van der Waals surface area contributed by atoms with Gasteiger partial charge in [0, 0.05) is 35.6 Å². The van der Waals surface area contributed by atoms with Gasteiger partial charge < -0.3 is 5.32 Å². The van der Waals surface area contributed by atoms with Gasteiger partial charge in [0.2, 0.25) is 0 Å². The average molecular weight is 271 g/mol. The van der Waals surface area contributed by atoms with Gasteiger partial charge in [-0.15, -0.1) is 0 Å². The summed E-state index contributed by atoms with van der Waals surface area (Å²) in [7, 11) is 0. The van der Waals surface area contributed by atoms with Crippen LogP contribution in [0.25, 0.3) is 10.8 Å². The van der Waals surface area contributed by atoms with Gasteiger partial charge in [-0.1, -0.05) is 19.3 Å². The van der Waals surface area contributed by atoms with E-state index in [-0.39, 0.29) is 10.6 Å². The number of fused-ring (bicyclic) bond motifs is 1. The predicted molar refractivity (Wildman–Crippen MR) is 78.9 cm³/mol. The van der Waals surface area contributed by atoms with Crippen LogP contribution in [0, 0.1) is 10.1 Å². The number of non-ortho nitro benzene ring substituents is 1. The highest BCUT2D eigenvalue weighted by Gasteiger charge is 2.17. The van der Waals surface area contributed by atoms with Crippen molar-refractivity contribution in [3.63, 3.8) is 0 Å². The van der Waals surface area contributed by atoms with Crippen molar-refractivity contribution in [2.24, 2.45) is 0 Å². The number of rotatable bonds is 3. The van der Waals surface area contributed by atoms with Crippen molar-refractivity contribution in [3.05, 3.63) is 40.7 Å². The smallest absolute Gasteiger partial charge is 0.277 e. The van der Waals surface area contributed by atoms with Crippen LogP contribution < -0.4 is 5.32 Å². The van der Waals surface area contributed by atoms with E-state index in [0.717, 1.165) is 11.1 Å². The monoisotopic (exact) mass is 271 g/mol. The van der Waals surface area contributed by atoms with Crippen LogP contribution >= 0.6 is 0 Å². The zero-order valence-corrected chi connectivity index (χ0v) is 11.2. The Bertz CT molecular complexity index is 636. The van der Waals surface area contributed by atoms with Crippen molar-refractivity contribution in [3.8, 4) is 0 Å². The number of nitrogens with zero attached hydrogens (tertiary/aromatic N) is 2. The Morgan fingerprint density at radius 2 is 1.95 bits per heavy atom. The summed E-state index contributed by atoms with van der Waals surface area (Å²) in [5, 5.41) is 16.1. The number of pyridine rings is 1. The highest BCUT2D eigenvalue weighted by Crippen LogP contribution is 2.32. The molecule has 0 radical (unpaired) electrons. The maximum Gasteiger partial charge on any atom is 0.277 e. The van der Waals surface area contributed by atoms with E-state index in [1.54, 1.807) is 30.6 Å². The second-order valence-electron chi connectivity index (χ2n) is 5.29. The highest BCUT2D eigenvalue weighted by molar-refractivity contribution is 5.99. The molecule has 1 aliphatic carbocycles. The Morgan fingerprint density at radius 1 is 1.15 bits per heavy atom. The molecule has 5 nitrogen and oxygen atoms in total. The lowest BCUT2D eigenvalue weighted by Crippen LogP contribution is -2.22. The predicted octanol–water partition coefficient (Wildman–Crippen LogP) is 3.89. The van der Waals surface area contributed by atoms with Crippen molar-refractivity contribution in [1.29, 1.82) is 0 Å². The Labute approximate surface area is 117 Å². The average Bonchev–Trinajstić information content (AvgIpc) is 2.48. The Balaban J connectivity index is 1.99. The number of anilines is 1. The second-order valence-corrected chi connectivity index (χ2v) is 5.29. The number of nitrogens with one attached hydrogen (secondary N) is 1. The molecule has 1 aromatic carbocycles. The fourth-order valence-electron chi connectivity index (χ4n) is 2.93. The number of benzene rings is 1. The summed E-state index contributed by atoms with van der Waals surface area (Å²) in [6.07, 6.45) is 9.44. The fraction of sp³-hybridized carbons (Fsp3) is 0.400. The van der Waals surface area contributed by atoms with E-state index in [2.05, 4.69) is 10.3 Å². The molecular weight excluding hydrogens is 254 g/mol. The molecule has 1 aromatic heterocycles. The van der Waals surface area contributed by atoms with Crippen molar-refractivity contribution in [2.75, 3.05) is 5.32 Å². The van der Waals surface area contributed by atoms with Crippen LogP contribution in [0.4, 0.5) is 11.4 Å². The van der Waals surface area contributed by atoms with Gasteiger partial charge in [0.1, 0.15) is 0 Å². The van der Waals surface area contributed by atoms with Gasteiger partial charge in [-0.2, -0.15) is 0 Å². The van der Waals surface area contributed by atoms with Gasteiger partial charge in [0.15, 0.2) is 0 Å². The minimum atomic E-state index is -0.341. The Hall–Kier alpha value is -2.17. The van der Waals surface area contributed by atoms with Crippen molar-refractivity contribution in [2.45, 2.75) is 38.1 Å². The number of hydrogen-bond acceptors (Lipinski definition) is 4. The first kappa shape index (κ1) is 12.8. The quantitative estimate of drug-likeness (QED) is 0.679. The standard InChI is InChI=1S/C15H17N3O2/c19-18(20)15-7-6-14(13-10-16-9-8-12(13)15)17-11-4-2-1-3-5-11/h6-11,17H,1-5H2. The van der Waals surface area contributed by atoms with E-state index in [0.29, 0.717) is 11.4 Å². The van der Waals surface area contributed by atoms with Crippen molar-refractivity contribution >= 4 is 22.1 Å². The maximum atomic E-state index is 11.1. The third-order valence-electron chi connectivity index (χ3n) is 3.96. The van der Waals surface area contributed by atoms with Crippen LogP contribution in [0.2, 0.25) is 0 Å². The lowest BCUT2D eigenvalue weighted by Gasteiger charge is -2.24. The fourth-order valence-corrected chi connectivity index (χ4v) is 2.93. The number of nitro groups is 1. The molecule has 0 amide bonds. The van der Waals surface area contributed by atoms with Crippen LogP contribution in [-0.4, -0.2) is 15.9 Å². The lowest BCUT2D eigenvalue weighted by molar-refractivity contribution is -0.383. The SMILES string of the molecule is O=[N+]([O-])c1ccc(NC2CCCCC2)c2cnccc12. The maximum absolute atomic E-state index is 11.1. The van der Waals surface area contributed by atoms with E-state index in [4.69, 9.17) is 0 Å². The Morgan fingerprint density at radius 3 is 2.70 bits per heavy atom.